The van der Waals surface area contributed by atoms with Crippen molar-refractivity contribution in [3.05, 3.63) is 76.5 Å². The van der Waals surface area contributed by atoms with E-state index in [-0.39, 0.29) is 12.1 Å². The third-order valence-electron chi connectivity index (χ3n) is 6.48. The Balaban J connectivity index is 1.37. The molecule has 0 radical (unpaired) electrons. The molecular formula is C26H29N5O3. The van der Waals surface area contributed by atoms with E-state index in [0.717, 1.165) is 42.6 Å². The maximum Gasteiger partial charge on any atom is 0.338 e. The summed E-state index contributed by atoms with van der Waals surface area (Å²) in [6.45, 7) is 4.42. The van der Waals surface area contributed by atoms with Crippen LogP contribution in [0, 0.1) is 6.92 Å². The number of esters is 1. The molecule has 176 valence electrons. The van der Waals surface area contributed by atoms with Crippen LogP contribution in [0.3, 0.4) is 0 Å². The Morgan fingerprint density at radius 3 is 2.50 bits per heavy atom. The van der Waals surface area contributed by atoms with Gasteiger partial charge in [0.1, 0.15) is 24.5 Å². The zero-order valence-corrected chi connectivity index (χ0v) is 19.5. The highest BCUT2D eigenvalue weighted by Gasteiger charge is 2.36. The van der Waals surface area contributed by atoms with Crippen molar-refractivity contribution in [2.75, 3.05) is 5.32 Å². The maximum atomic E-state index is 13.3. The van der Waals surface area contributed by atoms with Gasteiger partial charge in [0.25, 0.3) is 0 Å². The minimum absolute atomic E-state index is 0.0324. The molecule has 2 aliphatic rings. The van der Waals surface area contributed by atoms with Gasteiger partial charge in [0, 0.05) is 5.70 Å². The Hall–Kier alpha value is -3.68. The zero-order valence-electron chi connectivity index (χ0n) is 19.5. The number of anilines is 1. The molecule has 1 aliphatic carbocycles. The molecule has 0 bridgehead atoms. The lowest BCUT2D eigenvalue weighted by Gasteiger charge is -2.29. The second-order valence-corrected chi connectivity index (χ2v) is 9.02. The number of carbonyl (C=O) groups excluding carboxylic acids is 1. The molecular weight excluding hydrogens is 430 g/mol. The molecule has 34 heavy (non-hydrogen) atoms. The molecule has 1 aliphatic heterocycles. The van der Waals surface area contributed by atoms with Gasteiger partial charge in [-0.05, 0) is 73.2 Å². The van der Waals surface area contributed by atoms with Crippen molar-refractivity contribution >= 4 is 11.9 Å². The molecule has 0 spiro atoms. The number of nitrogens with one attached hydrogen (secondary N) is 1. The van der Waals surface area contributed by atoms with Gasteiger partial charge >= 0.3 is 5.97 Å². The van der Waals surface area contributed by atoms with Crippen LogP contribution in [0.2, 0.25) is 0 Å². The number of benzene rings is 2. The van der Waals surface area contributed by atoms with Gasteiger partial charge in [-0.1, -0.05) is 53.5 Å². The van der Waals surface area contributed by atoms with E-state index in [1.54, 1.807) is 4.68 Å². The Morgan fingerprint density at radius 1 is 1.03 bits per heavy atom. The van der Waals surface area contributed by atoms with Gasteiger partial charge in [-0.2, -0.15) is 4.68 Å². The quantitative estimate of drug-likeness (QED) is 0.533. The van der Waals surface area contributed by atoms with E-state index in [0.29, 0.717) is 23.8 Å². The number of fused-ring (bicyclic) bond motifs is 1. The number of nitrogens with zero attached hydrogens (tertiary/aromatic N) is 4. The third-order valence-corrected chi connectivity index (χ3v) is 6.48. The van der Waals surface area contributed by atoms with Crippen LogP contribution < -0.4 is 10.1 Å². The molecule has 1 aromatic heterocycles. The number of carbonyl (C=O) groups is 1. The van der Waals surface area contributed by atoms with Crippen molar-refractivity contribution in [3.8, 4) is 5.75 Å². The van der Waals surface area contributed by atoms with E-state index >= 15 is 0 Å². The van der Waals surface area contributed by atoms with Crippen LogP contribution in [0.25, 0.3) is 0 Å². The van der Waals surface area contributed by atoms with Gasteiger partial charge in [-0.25, -0.2) is 4.79 Å². The second kappa shape index (κ2) is 9.67. The molecule has 1 N–H and O–H groups in total. The van der Waals surface area contributed by atoms with E-state index in [1.807, 2.05) is 31.2 Å². The van der Waals surface area contributed by atoms with Crippen LogP contribution in [0.5, 0.6) is 5.75 Å². The average Bonchev–Trinajstić information content (AvgIpc) is 3.32. The van der Waals surface area contributed by atoms with Crippen LogP contribution in [-0.2, 0) is 16.1 Å². The lowest BCUT2D eigenvalue weighted by Crippen LogP contribution is -2.32. The molecule has 2 aromatic carbocycles. The fourth-order valence-electron chi connectivity index (χ4n) is 4.58. The van der Waals surface area contributed by atoms with E-state index in [9.17, 15) is 4.79 Å². The molecule has 1 fully saturated rings. The summed E-state index contributed by atoms with van der Waals surface area (Å²) in [5, 5.41) is 15.2. The minimum atomic E-state index is -0.478. The molecule has 2 heterocycles. The molecule has 1 saturated carbocycles. The first-order valence-electron chi connectivity index (χ1n) is 11.8. The predicted octanol–water partition coefficient (Wildman–Crippen LogP) is 4.73. The maximum absolute atomic E-state index is 13.3. The van der Waals surface area contributed by atoms with Crippen molar-refractivity contribution in [2.24, 2.45) is 0 Å². The van der Waals surface area contributed by atoms with Crippen LogP contribution in [0.1, 0.15) is 61.8 Å². The summed E-state index contributed by atoms with van der Waals surface area (Å²) in [4.78, 5) is 13.3. The zero-order chi connectivity index (χ0) is 23.5. The summed E-state index contributed by atoms with van der Waals surface area (Å²) in [6, 6.07) is 15.5. The van der Waals surface area contributed by atoms with Crippen LogP contribution in [-0.4, -0.2) is 32.3 Å². The van der Waals surface area contributed by atoms with Crippen LogP contribution in [0.15, 0.2) is 59.8 Å². The minimum Gasteiger partial charge on any atom is -0.489 e. The molecule has 3 aromatic rings. The fraction of sp³-hybridized carbons (Fsp3) is 0.385. The number of aromatic nitrogens is 4. The number of hydrogen-bond donors (Lipinski definition) is 1. The standard InChI is InChI=1S/C26H29N5O3/c1-17-8-10-19(11-9-17)16-33-21-14-12-20(13-15-21)24-23(18(2)27-26-28-29-30-31(24)26)25(32)34-22-6-4-3-5-7-22/h8-15,22,24H,3-7,16H2,1-2H3,(H,27,28,30). The average molecular weight is 460 g/mol. The number of rotatable bonds is 6. The summed E-state index contributed by atoms with van der Waals surface area (Å²) >= 11 is 0. The number of aryl methyl sites for hydroxylation is 1. The number of ether oxygens (including phenoxy) is 2. The number of allylic oxidation sites excluding steroid dienone is 1. The van der Waals surface area contributed by atoms with Gasteiger partial charge in [0.15, 0.2) is 0 Å². The largest absolute Gasteiger partial charge is 0.489 e. The highest BCUT2D eigenvalue weighted by atomic mass is 16.5. The van der Waals surface area contributed by atoms with E-state index in [4.69, 9.17) is 9.47 Å². The summed E-state index contributed by atoms with van der Waals surface area (Å²) < 4.78 is 13.5. The fourth-order valence-corrected chi connectivity index (χ4v) is 4.58. The van der Waals surface area contributed by atoms with Crippen molar-refractivity contribution in [3.63, 3.8) is 0 Å². The van der Waals surface area contributed by atoms with Gasteiger partial charge in [-0.15, -0.1) is 0 Å². The molecule has 8 heteroatoms. The summed E-state index contributed by atoms with van der Waals surface area (Å²) in [7, 11) is 0. The number of hydrogen-bond acceptors (Lipinski definition) is 7. The molecule has 1 unspecified atom stereocenters. The first kappa shape index (κ1) is 22.1. The molecule has 1 atom stereocenters. The van der Waals surface area contributed by atoms with Crippen molar-refractivity contribution in [1.29, 1.82) is 0 Å². The van der Waals surface area contributed by atoms with Crippen LogP contribution in [0.4, 0.5) is 5.95 Å². The Labute approximate surface area is 199 Å². The van der Waals surface area contributed by atoms with E-state index in [1.165, 1.54) is 12.0 Å². The second-order valence-electron chi connectivity index (χ2n) is 9.02. The Kier molecular flexibility index (Phi) is 6.29. The SMILES string of the molecule is CC1=C(C(=O)OC2CCCCC2)C(c2ccc(OCc3ccc(C)cc3)cc2)n2nnnc2N1. The van der Waals surface area contributed by atoms with E-state index in [2.05, 4.69) is 52.0 Å². The highest BCUT2D eigenvalue weighted by Crippen LogP contribution is 2.36. The van der Waals surface area contributed by atoms with Crippen molar-refractivity contribution < 1.29 is 14.3 Å². The monoisotopic (exact) mass is 459 g/mol. The molecule has 8 nitrogen and oxygen atoms in total. The smallest absolute Gasteiger partial charge is 0.338 e. The summed E-state index contributed by atoms with van der Waals surface area (Å²) in [6.07, 6.45) is 5.19. The third kappa shape index (κ3) is 4.66. The van der Waals surface area contributed by atoms with Crippen molar-refractivity contribution in [2.45, 2.75) is 64.7 Å². The van der Waals surface area contributed by atoms with Gasteiger partial charge < -0.3 is 14.8 Å². The van der Waals surface area contributed by atoms with Gasteiger partial charge in [-0.3, -0.25) is 0 Å². The molecule has 5 rings (SSSR count). The van der Waals surface area contributed by atoms with Crippen molar-refractivity contribution in [1.82, 2.24) is 20.2 Å². The lowest BCUT2D eigenvalue weighted by atomic mass is 9.95. The summed E-state index contributed by atoms with van der Waals surface area (Å²) in [5.41, 5.74) is 4.44. The summed E-state index contributed by atoms with van der Waals surface area (Å²) in [5.74, 6) is 0.932. The van der Waals surface area contributed by atoms with E-state index < -0.39 is 6.04 Å². The lowest BCUT2D eigenvalue weighted by molar-refractivity contribution is -0.146. The molecule has 0 amide bonds. The Bertz CT molecular complexity index is 1180. The van der Waals surface area contributed by atoms with Gasteiger partial charge in [0.2, 0.25) is 5.95 Å². The highest BCUT2D eigenvalue weighted by molar-refractivity contribution is 5.92. The number of tetrazole rings is 1. The normalized spacial score (nSPS) is 18.2. The first-order chi connectivity index (χ1) is 16.6. The van der Waals surface area contributed by atoms with Crippen LogP contribution >= 0.6 is 0 Å². The van der Waals surface area contributed by atoms with Gasteiger partial charge in [0.05, 0.1) is 5.57 Å². The first-order valence-corrected chi connectivity index (χ1v) is 11.8. The Morgan fingerprint density at radius 2 is 1.76 bits per heavy atom. The predicted molar refractivity (Wildman–Crippen MR) is 127 cm³/mol. The topological polar surface area (TPSA) is 91.2 Å². The molecule has 0 saturated heterocycles.